The van der Waals surface area contributed by atoms with Crippen molar-refractivity contribution in [3.8, 4) is 0 Å². The van der Waals surface area contributed by atoms with E-state index in [9.17, 15) is 4.79 Å². The van der Waals surface area contributed by atoms with Crippen LogP contribution in [0.15, 0.2) is 42.7 Å². The van der Waals surface area contributed by atoms with Gasteiger partial charge >= 0.3 is 0 Å². The fourth-order valence-electron chi connectivity index (χ4n) is 3.05. The number of aryl methyl sites for hydroxylation is 1. The Balaban J connectivity index is 2.01. The van der Waals surface area contributed by atoms with Gasteiger partial charge in [-0.15, -0.1) is 0 Å². The second-order valence-corrected chi connectivity index (χ2v) is 5.47. The Morgan fingerprint density at radius 3 is 2.62 bits per heavy atom. The first-order chi connectivity index (χ1) is 10.3. The van der Waals surface area contributed by atoms with Crippen LogP contribution in [0, 0.1) is 0 Å². The number of nitrogens with zero attached hydrogens (tertiary/aromatic N) is 2. The second kappa shape index (κ2) is 5.82. The summed E-state index contributed by atoms with van der Waals surface area (Å²) in [4.78, 5) is 13.1. The molecule has 1 aromatic carbocycles. The third-order valence-corrected chi connectivity index (χ3v) is 4.33. The number of Topliss-reactive ketones (excluding diaryl/α,β-unsaturated/α-hetero) is 1. The van der Waals surface area contributed by atoms with E-state index in [-0.39, 0.29) is 5.78 Å². The molecule has 2 heterocycles. The van der Waals surface area contributed by atoms with Crippen LogP contribution in [0.1, 0.15) is 35.7 Å². The van der Waals surface area contributed by atoms with Crippen molar-refractivity contribution in [3.05, 3.63) is 53.9 Å². The summed E-state index contributed by atoms with van der Waals surface area (Å²) >= 11 is 0. The molecule has 2 aromatic rings. The van der Waals surface area contributed by atoms with Crippen LogP contribution in [0.5, 0.6) is 0 Å². The van der Waals surface area contributed by atoms with Crippen molar-refractivity contribution in [2.75, 3.05) is 13.2 Å². The van der Waals surface area contributed by atoms with Crippen LogP contribution in [0.3, 0.4) is 0 Å². The third-order valence-electron chi connectivity index (χ3n) is 4.33. The minimum absolute atomic E-state index is 0.164. The predicted octanol–water partition coefficient (Wildman–Crippen LogP) is 2.83. The van der Waals surface area contributed by atoms with Gasteiger partial charge in [-0.2, -0.15) is 5.10 Å². The molecule has 1 aliphatic heterocycles. The summed E-state index contributed by atoms with van der Waals surface area (Å²) in [6.07, 6.45) is 4.99. The molecule has 4 heteroatoms. The maximum atomic E-state index is 13.1. The van der Waals surface area contributed by atoms with Gasteiger partial charge in [0.25, 0.3) is 0 Å². The van der Waals surface area contributed by atoms with Crippen molar-refractivity contribution in [2.45, 2.75) is 31.7 Å². The number of rotatable bonds is 4. The summed E-state index contributed by atoms with van der Waals surface area (Å²) in [5.74, 6) is 0.164. The number of aromatic nitrogens is 2. The SMILES string of the molecule is CCn1cc(C(=O)C2(c3ccccc3)CCOCC2)cn1. The standard InChI is InChI=1S/C17H20N2O2/c1-2-19-13-14(12-18-19)16(20)17(8-10-21-11-9-17)15-6-4-3-5-7-15/h3-7,12-13H,2,8-11H2,1H3. The van der Waals surface area contributed by atoms with Gasteiger partial charge in [-0.25, -0.2) is 0 Å². The molecule has 0 spiro atoms. The summed E-state index contributed by atoms with van der Waals surface area (Å²) in [7, 11) is 0. The molecular formula is C17H20N2O2. The Morgan fingerprint density at radius 1 is 1.29 bits per heavy atom. The lowest BCUT2D eigenvalue weighted by molar-refractivity contribution is 0.0424. The maximum absolute atomic E-state index is 13.1. The van der Waals surface area contributed by atoms with Crippen LogP contribution < -0.4 is 0 Å². The molecule has 0 N–H and O–H groups in total. The third kappa shape index (κ3) is 2.51. The van der Waals surface area contributed by atoms with Gasteiger partial charge in [-0.3, -0.25) is 9.48 Å². The number of hydrogen-bond acceptors (Lipinski definition) is 3. The highest BCUT2D eigenvalue weighted by atomic mass is 16.5. The highest BCUT2D eigenvalue weighted by molar-refractivity contribution is 6.03. The summed E-state index contributed by atoms with van der Waals surface area (Å²) in [5, 5.41) is 4.24. The summed E-state index contributed by atoms with van der Waals surface area (Å²) < 4.78 is 7.28. The molecule has 1 fully saturated rings. The van der Waals surface area contributed by atoms with E-state index in [2.05, 4.69) is 5.10 Å². The van der Waals surface area contributed by atoms with Gasteiger partial charge in [0.2, 0.25) is 0 Å². The minimum atomic E-state index is -0.471. The minimum Gasteiger partial charge on any atom is -0.381 e. The summed E-state index contributed by atoms with van der Waals surface area (Å²) in [6.45, 7) is 4.04. The molecule has 0 amide bonds. The molecule has 4 nitrogen and oxygen atoms in total. The van der Waals surface area contributed by atoms with Gasteiger partial charge < -0.3 is 4.74 Å². The highest BCUT2D eigenvalue weighted by Gasteiger charge is 2.42. The van der Waals surface area contributed by atoms with Crippen molar-refractivity contribution >= 4 is 5.78 Å². The van der Waals surface area contributed by atoms with Crippen LogP contribution in [-0.2, 0) is 16.7 Å². The van der Waals surface area contributed by atoms with Crippen molar-refractivity contribution in [2.24, 2.45) is 0 Å². The first-order valence-electron chi connectivity index (χ1n) is 7.47. The maximum Gasteiger partial charge on any atom is 0.176 e. The number of ether oxygens (including phenoxy) is 1. The zero-order valence-corrected chi connectivity index (χ0v) is 12.3. The Bertz CT molecular complexity index is 613. The van der Waals surface area contributed by atoms with E-state index in [4.69, 9.17) is 4.74 Å². The van der Waals surface area contributed by atoms with Crippen LogP contribution in [0.4, 0.5) is 0 Å². The quantitative estimate of drug-likeness (QED) is 0.811. The first-order valence-corrected chi connectivity index (χ1v) is 7.47. The number of ketones is 1. The predicted molar refractivity (Wildman–Crippen MR) is 80.4 cm³/mol. The number of benzene rings is 1. The van der Waals surface area contributed by atoms with Crippen molar-refractivity contribution in [1.29, 1.82) is 0 Å². The zero-order valence-electron chi connectivity index (χ0n) is 12.3. The molecule has 0 saturated carbocycles. The summed E-state index contributed by atoms with van der Waals surface area (Å²) in [6, 6.07) is 10.1. The first kappa shape index (κ1) is 14.0. The molecule has 0 aliphatic carbocycles. The molecule has 1 aromatic heterocycles. The number of carbonyl (C=O) groups is 1. The smallest absolute Gasteiger partial charge is 0.176 e. The summed E-state index contributed by atoms with van der Waals surface area (Å²) in [5.41, 5.74) is 1.31. The van der Waals surface area contributed by atoms with Gasteiger partial charge in [0, 0.05) is 26.0 Å². The van der Waals surface area contributed by atoms with E-state index in [0.717, 1.165) is 24.9 Å². The van der Waals surface area contributed by atoms with Crippen LogP contribution in [0.25, 0.3) is 0 Å². The van der Waals surface area contributed by atoms with Crippen molar-refractivity contribution < 1.29 is 9.53 Å². The Hall–Kier alpha value is -1.94. The average molecular weight is 284 g/mol. The van der Waals surface area contributed by atoms with E-state index in [1.165, 1.54) is 0 Å². The molecule has 1 aliphatic rings. The fourth-order valence-corrected chi connectivity index (χ4v) is 3.05. The molecule has 110 valence electrons. The molecule has 0 atom stereocenters. The van der Waals surface area contributed by atoms with Gasteiger partial charge in [-0.1, -0.05) is 30.3 Å². The van der Waals surface area contributed by atoms with Crippen LogP contribution in [-0.4, -0.2) is 28.8 Å². The second-order valence-electron chi connectivity index (χ2n) is 5.47. The molecule has 0 bridgehead atoms. The normalized spacial score (nSPS) is 17.6. The molecule has 0 radical (unpaired) electrons. The van der Waals surface area contributed by atoms with Crippen molar-refractivity contribution in [3.63, 3.8) is 0 Å². The molecule has 3 rings (SSSR count). The van der Waals surface area contributed by atoms with E-state index in [1.54, 1.807) is 10.9 Å². The fraction of sp³-hybridized carbons (Fsp3) is 0.412. The van der Waals surface area contributed by atoms with E-state index in [0.29, 0.717) is 18.8 Å². The van der Waals surface area contributed by atoms with Crippen molar-refractivity contribution in [1.82, 2.24) is 9.78 Å². The lowest BCUT2D eigenvalue weighted by Gasteiger charge is -2.36. The van der Waals surface area contributed by atoms with E-state index >= 15 is 0 Å². The molecule has 1 saturated heterocycles. The number of hydrogen-bond donors (Lipinski definition) is 0. The van der Waals surface area contributed by atoms with E-state index in [1.807, 2.05) is 43.5 Å². The monoisotopic (exact) mass is 284 g/mol. The number of carbonyl (C=O) groups excluding carboxylic acids is 1. The zero-order chi connectivity index (χ0) is 14.7. The topological polar surface area (TPSA) is 44.1 Å². The van der Waals surface area contributed by atoms with Crippen LogP contribution in [0.2, 0.25) is 0 Å². The lowest BCUT2D eigenvalue weighted by atomic mass is 9.69. The Morgan fingerprint density at radius 2 is 2.00 bits per heavy atom. The van der Waals surface area contributed by atoms with E-state index < -0.39 is 5.41 Å². The molecule has 21 heavy (non-hydrogen) atoms. The molecular weight excluding hydrogens is 264 g/mol. The van der Waals surface area contributed by atoms with Crippen LogP contribution >= 0.6 is 0 Å². The largest absolute Gasteiger partial charge is 0.381 e. The Labute approximate surface area is 124 Å². The van der Waals surface area contributed by atoms with Gasteiger partial charge in [0.05, 0.1) is 17.2 Å². The van der Waals surface area contributed by atoms with Gasteiger partial charge in [0.15, 0.2) is 5.78 Å². The Kier molecular flexibility index (Phi) is 3.88. The average Bonchev–Trinajstić information content (AvgIpc) is 3.04. The van der Waals surface area contributed by atoms with Gasteiger partial charge in [0.1, 0.15) is 0 Å². The molecule has 0 unspecified atom stereocenters. The van der Waals surface area contributed by atoms with Gasteiger partial charge in [-0.05, 0) is 25.3 Å². The lowest BCUT2D eigenvalue weighted by Crippen LogP contribution is -2.41. The highest BCUT2D eigenvalue weighted by Crippen LogP contribution is 2.37.